The van der Waals surface area contributed by atoms with Gasteiger partial charge in [-0.2, -0.15) is 5.26 Å². The van der Waals surface area contributed by atoms with E-state index >= 15 is 0 Å². The number of para-hydroxylation sites is 1. The lowest BCUT2D eigenvalue weighted by Crippen LogP contribution is -2.23. The summed E-state index contributed by atoms with van der Waals surface area (Å²) in [5.41, 5.74) is 3.39. The quantitative estimate of drug-likeness (QED) is 0.465. The molecule has 1 heterocycles. The highest BCUT2D eigenvalue weighted by Crippen LogP contribution is 2.20. The summed E-state index contributed by atoms with van der Waals surface area (Å²) in [6, 6.07) is 22.2. The predicted molar refractivity (Wildman–Crippen MR) is 117 cm³/mol. The molecule has 0 spiro atoms. The first-order chi connectivity index (χ1) is 14.1. The van der Waals surface area contributed by atoms with Crippen molar-refractivity contribution in [2.45, 2.75) is 6.92 Å². The van der Waals surface area contributed by atoms with Gasteiger partial charge in [0, 0.05) is 5.02 Å². The Morgan fingerprint density at radius 2 is 1.79 bits per heavy atom. The molecule has 4 aromatic rings. The average Bonchev–Trinajstić information content (AvgIpc) is 2.74. The van der Waals surface area contributed by atoms with Gasteiger partial charge in [-0.15, -0.1) is 0 Å². The molecular formula is C24H16ClN3O. The molecule has 0 aliphatic rings. The van der Waals surface area contributed by atoms with Crippen molar-refractivity contribution in [1.29, 1.82) is 5.26 Å². The molecule has 0 fully saturated rings. The molecular weight excluding hydrogens is 382 g/mol. The Labute approximate surface area is 173 Å². The van der Waals surface area contributed by atoms with Crippen LogP contribution >= 0.6 is 11.6 Å². The minimum atomic E-state index is -0.194. The number of rotatable bonds is 3. The number of hydrogen-bond acceptors (Lipinski definition) is 3. The van der Waals surface area contributed by atoms with E-state index in [1.807, 2.05) is 49.4 Å². The van der Waals surface area contributed by atoms with Gasteiger partial charge in [0.1, 0.15) is 5.82 Å². The SMILES string of the molecule is Cc1ccccc1-n1c(C=Cc2ccccc2C#N)nc2ccc(Cl)cc2c1=O. The minimum absolute atomic E-state index is 0.194. The Kier molecular flexibility index (Phi) is 4.99. The smallest absolute Gasteiger partial charge is 0.266 e. The summed E-state index contributed by atoms with van der Waals surface area (Å²) in [6.07, 6.45) is 3.56. The second kappa shape index (κ2) is 7.75. The van der Waals surface area contributed by atoms with E-state index in [0.717, 1.165) is 16.8 Å². The van der Waals surface area contributed by atoms with Crippen LogP contribution in [0, 0.1) is 18.3 Å². The monoisotopic (exact) mass is 397 g/mol. The molecule has 3 aromatic carbocycles. The molecule has 0 saturated carbocycles. The van der Waals surface area contributed by atoms with Crippen LogP contribution < -0.4 is 5.56 Å². The normalized spacial score (nSPS) is 11.1. The standard InChI is InChI=1S/C24H16ClN3O/c1-16-6-2-5-9-22(16)28-23(13-10-17-7-3-4-8-18(17)15-26)27-21-12-11-19(25)14-20(21)24(28)29/h2-14H,1H3. The van der Waals surface area contributed by atoms with E-state index in [1.54, 1.807) is 41.0 Å². The van der Waals surface area contributed by atoms with E-state index in [-0.39, 0.29) is 5.56 Å². The van der Waals surface area contributed by atoms with Gasteiger partial charge in [0.2, 0.25) is 0 Å². The molecule has 5 heteroatoms. The number of aryl methyl sites for hydroxylation is 1. The third kappa shape index (κ3) is 3.56. The molecule has 0 bridgehead atoms. The highest BCUT2D eigenvalue weighted by molar-refractivity contribution is 6.31. The first-order valence-corrected chi connectivity index (χ1v) is 9.42. The third-order valence-electron chi connectivity index (χ3n) is 4.71. The molecule has 0 aliphatic heterocycles. The van der Waals surface area contributed by atoms with Crippen molar-refractivity contribution < 1.29 is 0 Å². The lowest BCUT2D eigenvalue weighted by molar-refractivity contribution is 0.934. The zero-order valence-corrected chi connectivity index (χ0v) is 16.4. The molecule has 0 atom stereocenters. The topological polar surface area (TPSA) is 58.7 Å². The van der Waals surface area contributed by atoms with Crippen molar-refractivity contribution in [3.05, 3.63) is 105 Å². The highest BCUT2D eigenvalue weighted by atomic mass is 35.5. The van der Waals surface area contributed by atoms with Gasteiger partial charge in [-0.1, -0.05) is 48.0 Å². The summed E-state index contributed by atoms with van der Waals surface area (Å²) in [5.74, 6) is 0.479. The largest absolute Gasteiger partial charge is 0.268 e. The van der Waals surface area contributed by atoms with E-state index in [1.165, 1.54) is 0 Å². The van der Waals surface area contributed by atoms with E-state index in [2.05, 4.69) is 6.07 Å². The van der Waals surface area contributed by atoms with Gasteiger partial charge < -0.3 is 0 Å². The van der Waals surface area contributed by atoms with Crippen LogP contribution in [0.2, 0.25) is 5.02 Å². The van der Waals surface area contributed by atoms with Crippen LogP contribution in [-0.2, 0) is 0 Å². The zero-order valence-electron chi connectivity index (χ0n) is 15.6. The van der Waals surface area contributed by atoms with Crippen molar-refractivity contribution >= 4 is 34.7 Å². The summed E-state index contributed by atoms with van der Waals surface area (Å²) >= 11 is 6.11. The Hall–Kier alpha value is -3.68. The molecule has 140 valence electrons. The number of nitriles is 1. The molecule has 4 rings (SSSR count). The van der Waals surface area contributed by atoms with Gasteiger partial charge in [0.05, 0.1) is 28.2 Å². The van der Waals surface area contributed by atoms with Crippen molar-refractivity contribution in [3.8, 4) is 11.8 Å². The van der Waals surface area contributed by atoms with Crippen molar-refractivity contribution in [3.63, 3.8) is 0 Å². The van der Waals surface area contributed by atoms with Crippen LogP contribution in [0.3, 0.4) is 0 Å². The second-order valence-corrected chi connectivity index (χ2v) is 7.03. The maximum Gasteiger partial charge on any atom is 0.266 e. The summed E-state index contributed by atoms with van der Waals surface area (Å²) in [5, 5.41) is 10.3. The molecule has 0 N–H and O–H groups in total. The summed E-state index contributed by atoms with van der Waals surface area (Å²) < 4.78 is 1.58. The van der Waals surface area contributed by atoms with Crippen LogP contribution in [0.5, 0.6) is 0 Å². The van der Waals surface area contributed by atoms with Gasteiger partial charge in [0.15, 0.2) is 0 Å². The van der Waals surface area contributed by atoms with E-state index in [9.17, 15) is 10.1 Å². The van der Waals surface area contributed by atoms with Crippen molar-refractivity contribution in [2.75, 3.05) is 0 Å². The molecule has 0 saturated heterocycles. The fraction of sp³-hybridized carbons (Fsp3) is 0.0417. The van der Waals surface area contributed by atoms with Gasteiger partial charge >= 0.3 is 0 Å². The molecule has 0 radical (unpaired) electrons. The summed E-state index contributed by atoms with van der Waals surface area (Å²) in [4.78, 5) is 18.1. The molecule has 0 unspecified atom stereocenters. The number of fused-ring (bicyclic) bond motifs is 1. The Bertz CT molecular complexity index is 1360. The van der Waals surface area contributed by atoms with Gasteiger partial charge in [-0.25, -0.2) is 4.98 Å². The van der Waals surface area contributed by atoms with E-state index < -0.39 is 0 Å². The molecule has 0 aliphatic carbocycles. The van der Waals surface area contributed by atoms with Gasteiger partial charge in [-0.3, -0.25) is 9.36 Å². The number of halogens is 1. The fourth-order valence-electron chi connectivity index (χ4n) is 3.24. The zero-order chi connectivity index (χ0) is 20.4. The Balaban J connectivity index is 2.00. The van der Waals surface area contributed by atoms with Gasteiger partial charge in [0.25, 0.3) is 5.56 Å². The van der Waals surface area contributed by atoms with Gasteiger partial charge in [-0.05, 0) is 60.5 Å². The fourth-order valence-corrected chi connectivity index (χ4v) is 3.41. The summed E-state index contributed by atoms with van der Waals surface area (Å²) in [7, 11) is 0. The molecule has 4 nitrogen and oxygen atoms in total. The number of aromatic nitrogens is 2. The van der Waals surface area contributed by atoms with Crippen LogP contribution in [-0.4, -0.2) is 9.55 Å². The highest BCUT2D eigenvalue weighted by Gasteiger charge is 2.13. The maximum atomic E-state index is 13.4. The Morgan fingerprint density at radius 3 is 2.59 bits per heavy atom. The average molecular weight is 398 g/mol. The van der Waals surface area contributed by atoms with Crippen LogP contribution in [0.4, 0.5) is 0 Å². The molecule has 29 heavy (non-hydrogen) atoms. The first kappa shape index (κ1) is 18.7. The molecule has 1 aromatic heterocycles. The Morgan fingerprint density at radius 1 is 1.03 bits per heavy atom. The number of nitrogens with zero attached hydrogens (tertiary/aromatic N) is 3. The van der Waals surface area contributed by atoms with E-state index in [4.69, 9.17) is 16.6 Å². The van der Waals surface area contributed by atoms with Crippen LogP contribution in [0.15, 0.2) is 71.5 Å². The predicted octanol–water partition coefficient (Wildman–Crippen LogP) is 5.39. The maximum absolute atomic E-state index is 13.4. The second-order valence-electron chi connectivity index (χ2n) is 6.59. The van der Waals surface area contributed by atoms with Crippen LogP contribution in [0.25, 0.3) is 28.7 Å². The lowest BCUT2D eigenvalue weighted by atomic mass is 10.1. The number of benzene rings is 3. The first-order valence-electron chi connectivity index (χ1n) is 9.04. The third-order valence-corrected chi connectivity index (χ3v) is 4.94. The van der Waals surface area contributed by atoms with E-state index in [0.29, 0.717) is 27.3 Å². The summed E-state index contributed by atoms with van der Waals surface area (Å²) in [6.45, 7) is 1.95. The number of hydrogen-bond donors (Lipinski definition) is 0. The minimum Gasteiger partial charge on any atom is -0.268 e. The van der Waals surface area contributed by atoms with Crippen LogP contribution in [0.1, 0.15) is 22.5 Å². The lowest BCUT2D eigenvalue weighted by Gasteiger charge is -2.13. The van der Waals surface area contributed by atoms with Crippen molar-refractivity contribution in [2.24, 2.45) is 0 Å². The molecule has 0 amide bonds. The van der Waals surface area contributed by atoms with Crippen molar-refractivity contribution in [1.82, 2.24) is 9.55 Å².